The van der Waals surface area contributed by atoms with Gasteiger partial charge in [-0.3, -0.25) is 35.1 Å². The van der Waals surface area contributed by atoms with Crippen LogP contribution in [0.15, 0.2) is 42.5 Å². The molecule has 0 unspecified atom stereocenters. The fraction of sp³-hybridized carbons (Fsp3) is 0.286. The van der Waals surface area contributed by atoms with Gasteiger partial charge in [-0.2, -0.15) is 0 Å². The van der Waals surface area contributed by atoms with Crippen molar-refractivity contribution in [1.82, 2.24) is 10.2 Å². The third kappa shape index (κ3) is 6.07. The summed E-state index contributed by atoms with van der Waals surface area (Å²) in [6.45, 7) is 3.55. The third-order valence-electron chi connectivity index (χ3n) is 5.25. The topological polar surface area (TPSA) is 148 Å². The van der Waals surface area contributed by atoms with Gasteiger partial charge in [0, 0.05) is 36.5 Å². The van der Waals surface area contributed by atoms with E-state index < -0.39 is 27.1 Å². The predicted octanol–water partition coefficient (Wildman–Crippen LogP) is 3.50. The molecule has 0 bridgehead atoms. The van der Waals surface area contributed by atoms with Gasteiger partial charge >= 0.3 is 0 Å². The minimum absolute atomic E-state index is 0.0931. The first-order chi connectivity index (χ1) is 15.6. The lowest BCUT2D eigenvalue weighted by Crippen LogP contribution is -2.38. The van der Waals surface area contributed by atoms with Gasteiger partial charge in [-0.25, -0.2) is 0 Å². The molecule has 0 radical (unpaired) electrons. The maximum absolute atomic E-state index is 12.8. The van der Waals surface area contributed by atoms with E-state index in [9.17, 15) is 29.8 Å². The fourth-order valence-electron chi connectivity index (χ4n) is 3.40. The van der Waals surface area contributed by atoms with E-state index in [0.717, 1.165) is 31.0 Å². The average molecular weight is 471 g/mol. The number of likely N-dealkylation sites (tertiary alicyclic amines) is 1. The van der Waals surface area contributed by atoms with Gasteiger partial charge in [0.15, 0.2) is 5.11 Å². The van der Waals surface area contributed by atoms with Crippen molar-refractivity contribution in [3.8, 4) is 0 Å². The summed E-state index contributed by atoms with van der Waals surface area (Å²) in [6.07, 6.45) is 1.91. The summed E-state index contributed by atoms with van der Waals surface area (Å²) in [4.78, 5) is 47.4. The van der Waals surface area contributed by atoms with E-state index in [1.54, 1.807) is 29.2 Å². The number of hydrogen-bond acceptors (Lipinski definition) is 7. The Morgan fingerprint density at radius 2 is 1.61 bits per heavy atom. The predicted molar refractivity (Wildman–Crippen MR) is 124 cm³/mol. The SMILES string of the molecule is CC1CCN(C(=O)c2cccc(NC(=S)NC(=O)c3cc([N+](=O)[O-])cc([N+](=O)[O-])c3)c2)CC1. The molecule has 1 fully saturated rings. The molecular weight excluding hydrogens is 450 g/mol. The van der Waals surface area contributed by atoms with Gasteiger partial charge in [-0.1, -0.05) is 13.0 Å². The summed E-state index contributed by atoms with van der Waals surface area (Å²) in [7, 11) is 0. The van der Waals surface area contributed by atoms with Crippen LogP contribution in [0.2, 0.25) is 0 Å². The van der Waals surface area contributed by atoms with Crippen molar-refractivity contribution in [2.75, 3.05) is 18.4 Å². The Hall–Kier alpha value is -3.93. The molecule has 0 spiro atoms. The van der Waals surface area contributed by atoms with Gasteiger partial charge in [-0.05, 0) is 49.2 Å². The Labute approximate surface area is 194 Å². The van der Waals surface area contributed by atoms with Crippen molar-refractivity contribution < 1.29 is 19.4 Å². The number of anilines is 1. The lowest BCUT2D eigenvalue weighted by Gasteiger charge is -2.30. The molecule has 1 aliphatic heterocycles. The number of non-ortho nitro benzene ring substituents is 2. The molecule has 12 heteroatoms. The van der Waals surface area contributed by atoms with Crippen LogP contribution in [0.5, 0.6) is 0 Å². The maximum atomic E-state index is 12.8. The first-order valence-corrected chi connectivity index (χ1v) is 10.5. The molecule has 1 heterocycles. The minimum atomic E-state index is -0.853. The maximum Gasteiger partial charge on any atom is 0.277 e. The number of nitro benzene ring substituents is 2. The summed E-state index contributed by atoms with van der Waals surface area (Å²) in [5, 5.41) is 27.0. The van der Waals surface area contributed by atoms with Gasteiger partial charge < -0.3 is 10.2 Å². The zero-order chi connectivity index (χ0) is 24.1. The van der Waals surface area contributed by atoms with Crippen LogP contribution in [-0.2, 0) is 0 Å². The van der Waals surface area contributed by atoms with Crippen molar-refractivity contribution in [3.05, 3.63) is 73.8 Å². The molecule has 3 rings (SSSR count). The zero-order valence-corrected chi connectivity index (χ0v) is 18.5. The molecule has 0 aliphatic carbocycles. The molecule has 0 aromatic heterocycles. The van der Waals surface area contributed by atoms with Crippen LogP contribution < -0.4 is 10.6 Å². The highest BCUT2D eigenvalue weighted by Crippen LogP contribution is 2.23. The zero-order valence-electron chi connectivity index (χ0n) is 17.6. The molecule has 2 aromatic rings. The highest BCUT2D eigenvalue weighted by atomic mass is 32.1. The molecule has 33 heavy (non-hydrogen) atoms. The number of rotatable bonds is 5. The van der Waals surface area contributed by atoms with Crippen LogP contribution in [0.4, 0.5) is 17.1 Å². The molecule has 172 valence electrons. The van der Waals surface area contributed by atoms with Crippen LogP contribution in [0.25, 0.3) is 0 Å². The Morgan fingerprint density at radius 3 is 2.18 bits per heavy atom. The summed E-state index contributed by atoms with van der Waals surface area (Å²) in [5.41, 5.74) is -0.541. The summed E-state index contributed by atoms with van der Waals surface area (Å²) >= 11 is 5.12. The average Bonchev–Trinajstić information content (AvgIpc) is 2.78. The second-order valence-electron chi connectivity index (χ2n) is 7.72. The number of thiocarbonyl (C=S) groups is 1. The van der Waals surface area contributed by atoms with Gasteiger partial charge in [0.2, 0.25) is 0 Å². The lowest BCUT2D eigenvalue weighted by atomic mass is 9.98. The molecule has 2 aromatic carbocycles. The Morgan fingerprint density at radius 1 is 1.00 bits per heavy atom. The Bertz CT molecular complexity index is 1100. The highest BCUT2D eigenvalue weighted by Gasteiger charge is 2.22. The quantitative estimate of drug-likeness (QED) is 0.382. The van der Waals surface area contributed by atoms with Crippen LogP contribution in [0.1, 0.15) is 40.5 Å². The van der Waals surface area contributed by atoms with Gasteiger partial charge in [0.1, 0.15) is 0 Å². The van der Waals surface area contributed by atoms with Crippen molar-refractivity contribution in [3.63, 3.8) is 0 Å². The van der Waals surface area contributed by atoms with Crippen molar-refractivity contribution in [2.24, 2.45) is 5.92 Å². The van der Waals surface area contributed by atoms with E-state index in [4.69, 9.17) is 12.2 Å². The highest BCUT2D eigenvalue weighted by molar-refractivity contribution is 7.80. The number of carbonyl (C=O) groups excluding carboxylic acids is 2. The third-order valence-corrected chi connectivity index (χ3v) is 5.46. The van der Waals surface area contributed by atoms with Crippen molar-refractivity contribution in [1.29, 1.82) is 0 Å². The van der Waals surface area contributed by atoms with Gasteiger partial charge in [0.25, 0.3) is 23.2 Å². The lowest BCUT2D eigenvalue weighted by molar-refractivity contribution is -0.394. The monoisotopic (exact) mass is 471 g/mol. The van der Waals surface area contributed by atoms with Crippen molar-refractivity contribution in [2.45, 2.75) is 19.8 Å². The van der Waals surface area contributed by atoms with E-state index in [1.807, 2.05) is 0 Å². The van der Waals surface area contributed by atoms with Crippen LogP contribution in [0.3, 0.4) is 0 Å². The van der Waals surface area contributed by atoms with E-state index in [-0.39, 0.29) is 16.6 Å². The van der Waals surface area contributed by atoms with E-state index in [2.05, 4.69) is 17.6 Å². The van der Waals surface area contributed by atoms with Gasteiger partial charge in [0.05, 0.1) is 21.5 Å². The summed E-state index contributed by atoms with van der Waals surface area (Å²) in [6, 6.07) is 9.24. The first-order valence-electron chi connectivity index (χ1n) is 10.1. The largest absolute Gasteiger partial charge is 0.339 e. The molecule has 1 aliphatic rings. The van der Waals surface area contributed by atoms with Crippen LogP contribution in [0, 0.1) is 26.1 Å². The second kappa shape index (κ2) is 10.1. The van der Waals surface area contributed by atoms with E-state index in [1.165, 1.54) is 0 Å². The molecule has 0 atom stereocenters. The molecule has 2 N–H and O–H groups in total. The number of amides is 2. The van der Waals surface area contributed by atoms with Crippen molar-refractivity contribution >= 4 is 46.2 Å². The first kappa shape index (κ1) is 23.7. The van der Waals surface area contributed by atoms with Gasteiger partial charge in [-0.15, -0.1) is 0 Å². The van der Waals surface area contributed by atoms with Crippen LogP contribution in [-0.4, -0.2) is 44.8 Å². The number of benzene rings is 2. The van der Waals surface area contributed by atoms with E-state index >= 15 is 0 Å². The van der Waals surface area contributed by atoms with E-state index in [0.29, 0.717) is 30.3 Å². The second-order valence-corrected chi connectivity index (χ2v) is 8.12. The molecule has 11 nitrogen and oxygen atoms in total. The molecular formula is C21H21N5O6S. The minimum Gasteiger partial charge on any atom is -0.339 e. The Kier molecular flexibility index (Phi) is 7.28. The summed E-state index contributed by atoms with van der Waals surface area (Å²) in [5.74, 6) is -0.353. The molecule has 1 saturated heterocycles. The molecule has 2 amide bonds. The smallest absolute Gasteiger partial charge is 0.277 e. The standard InChI is InChI=1S/C21H21N5O6S/c1-13-5-7-24(8-6-13)20(28)14-3-2-4-16(9-14)22-21(33)23-19(27)15-10-17(25(29)30)12-18(11-15)26(31)32/h2-4,9-13H,5-8H2,1H3,(H2,22,23,27,33). The summed E-state index contributed by atoms with van der Waals surface area (Å²) < 4.78 is 0. The number of nitrogens with one attached hydrogen (secondary N) is 2. The van der Waals surface area contributed by atoms with Crippen LogP contribution >= 0.6 is 12.2 Å². The molecule has 0 saturated carbocycles. The normalized spacial score (nSPS) is 13.8. The number of piperidine rings is 1. The number of nitrogens with zero attached hydrogens (tertiary/aromatic N) is 3. The number of carbonyl (C=O) groups is 2. The fourth-order valence-corrected chi connectivity index (χ4v) is 3.61. The number of nitro groups is 2. The Balaban J connectivity index is 1.68. The number of hydrogen-bond donors (Lipinski definition) is 2.